The van der Waals surface area contributed by atoms with Gasteiger partial charge in [-0.3, -0.25) is 58.5 Å². The third-order valence-electron chi connectivity index (χ3n) is 8.59. The van der Waals surface area contributed by atoms with Crippen molar-refractivity contribution < 1.29 is 53.3 Å². The molecule has 1 aliphatic rings. The van der Waals surface area contributed by atoms with E-state index in [2.05, 4.69) is 16.0 Å². The van der Waals surface area contributed by atoms with Gasteiger partial charge in [0.2, 0.25) is 23.6 Å². The number of imide groups is 1. The number of rotatable bonds is 19. The Morgan fingerprint density at radius 1 is 0.717 bits per heavy atom. The molecule has 1 aromatic carbocycles. The van der Waals surface area contributed by atoms with Crippen LogP contribution in [-0.4, -0.2) is 174 Å². The van der Waals surface area contributed by atoms with E-state index < -0.39 is 54.3 Å². The molecule has 17 nitrogen and oxygen atoms in total. The molecular weight excluding hydrogens is 697 g/mol. The van der Waals surface area contributed by atoms with Crippen LogP contribution in [0.3, 0.4) is 0 Å². The van der Waals surface area contributed by atoms with E-state index in [0.29, 0.717) is 6.42 Å². The first-order chi connectivity index (χ1) is 25.1. The highest BCUT2D eigenvalue weighted by atomic mass is 19.1. The Labute approximate surface area is 308 Å². The Hall–Kier alpha value is -4.52. The summed E-state index contributed by atoms with van der Waals surface area (Å²) < 4.78 is 15.1. The van der Waals surface area contributed by atoms with Crippen LogP contribution in [0.25, 0.3) is 0 Å². The highest BCUT2D eigenvalue weighted by Gasteiger charge is 2.27. The lowest BCUT2D eigenvalue weighted by Gasteiger charge is -2.33. The zero-order chi connectivity index (χ0) is 39.3. The molecule has 1 aromatic rings. The number of carboxylic acids is 3. The van der Waals surface area contributed by atoms with Crippen LogP contribution in [0, 0.1) is 6.92 Å². The van der Waals surface area contributed by atoms with Crippen LogP contribution in [0.15, 0.2) is 24.3 Å². The maximum atomic E-state index is 15.1. The van der Waals surface area contributed by atoms with Crippen molar-refractivity contribution in [2.24, 2.45) is 0 Å². The zero-order valence-corrected chi connectivity index (χ0v) is 30.6. The molecule has 1 heterocycles. The molecule has 6 N–H and O–H groups in total. The second-order valence-electron chi connectivity index (χ2n) is 13.3. The van der Waals surface area contributed by atoms with Gasteiger partial charge in [-0.05, 0) is 31.7 Å². The van der Waals surface area contributed by atoms with Gasteiger partial charge in [0.1, 0.15) is 12.2 Å². The predicted octanol–water partition coefficient (Wildman–Crippen LogP) is -0.825. The summed E-state index contributed by atoms with van der Waals surface area (Å²) in [5.41, 5.74) is 2.25. The number of nitrogens with zero attached hydrogens (tertiary/aromatic N) is 4. The minimum atomic E-state index is -1.62. The predicted molar refractivity (Wildman–Crippen MR) is 191 cm³/mol. The molecule has 296 valence electrons. The van der Waals surface area contributed by atoms with E-state index in [1.54, 1.807) is 19.6 Å². The number of hydrogen-bond acceptors (Lipinski definition) is 11. The normalized spacial score (nSPS) is 16.7. The van der Waals surface area contributed by atoms with Crippen molar-refractivity contribution in [2.75, 3.05) is 85.1 Å². The SMILES string of the molecule is CC(=O)NC(=O)C(CC(F)CCNC(=O)CCCc1ccc(C)cc1)NC(=O)CN1CCN(CC(=O)O)CCN(CC(=O)O)CCN(CC(=O)O)CC1. The number of hydrogen-bond donors (Lipinski definition) is 6. The average Bonchev–Trinajstić information content (AvgIpc) is 3.05. The van der Waals surface area contributed by atoms with Crippen molar-refractivity contribution in [3.8, 4) is 0 Å². The summed E-state index contributed by atoms with van der Waals surface area (Å²) >= 11 is 0. The monoisotopic (exact) mass is 751 g/mol. The quantitative estimate of drug-likeness (QED) is 0.102. The topological polar surface area (TPSA) is 229 Å². The third kappa shape index (κ3) is 20.3. The van der Waals surface area contributed by atoms with Gasteiger partial charge < -0.3 is 26.0 Å². The molecule has 0 radical (unpaired) electrons. The second-order valence-corrected chi connectivity index (χ2v) is 13.3. The van der Waals surface area contributed by atoms with Crippen molar-refractivity contribution in [1.82, 2.24) is 35.6 Å². The highest BCUT2D eigenvalue weighted by Crippen LogP contribution is 2.10. The summed E-state index contributed by atoms with van der Waals surface area (Å²) in [6, 6.07) is 6.58. The van der Waals surface area contributed by atoms with E-state index in [9.17, 15) is 48.9 Å². The lowest BCUT2D eigenvalue weighted by Crippen LogP contribution is -2.53. The summed E-state index contributed by atoms with van der Waals surface area (Å²) in [7, 11) is 0. The van der Waals surface area contributed by atoms with Gasteiger partial charge in [0.05, 0.1) is 26.2 Å². The van der Waals surface area contributed by atoms with Crippen LogP contribution in [0.1, 0.15) is 43.7 Å². The van der Waals surface area contributed by atoms with E-state index in [4.69, 9.17) is 0 Å². The molecule has 1 fully saturated rings. The maximum absolute atomic E-state index is 15.1. The van der Waals surface area contributed by atoms with Crippen LogP contribution in [0.4, 0.5) is 4.39 Å². The molecule has 53 heavy (non-hydrogen) atoms. The number of carbonyl (C=O) groups excluding carboxylic acids is 4. The van der Waals surface area contributed by atoms with Gasteiger partial charge >= 0.3 is 17.9 Å². The molecule has 1 saturated heterocycles. The second kappa shape index (κ2) is 23.9. The molecule has 0 aromatic heterocycles. The Balaban J connectivity index is 2.02. The molecular formula is C35H54FN7O10. The number of aliphatic carboxylic acids is 3. The molecule has 2 atom stereocenters. The highest BCUT2D eigenvalue weighted by molar-refractivity contribution is 5.98. The molecule has 1 aliphatic heterocycles. The molecule has 0 aliphatic carbocycles. The number of halogens is 1. The molecule has 0 bridgehead atoms. The van der Waals surface area contributed by atoms with Gasteiger partial charge in [0.15, 0.2) is 0 Å². The summed E-state index contributed by atoms with van der Waals surface area (Å²) in [5, 5.41) is 35.4. The first kappa shape index (κ1) is 44.6. The first-order valence-electron chi connectivity index (χ1n) is 17.7. The summed E-state index contributed by atoms with van der Waals surface area (Å²) in [6.45, 7) is 3.21. The molecule has 18 heteroatoms. The van der Waals surface area contributed by atoms with Crippen molar-refractivity contribution in [1.29, 1.82) is 0 Å². The number of amides is 4. The maximum Gasteiger partial charge on any atom is 0.317 e. The Morgan fingerprint density at radius 2 is 1.17 bits per heavy atom. The Kier molecular flexibility index (Phi) is 20.1. The first-order valence-corrected chi connectivity index (χ1v) is 17.7. The number of carboxylic acid groups (broad SMARTS) is 3. The lowest BCUT2D eigenvalue weighted by molar-refractivity contribution is -0.140. The lowest BCUT2D eigenvalue weighted by atomic mass is 10.1. The van der Waals surface area contributed by atoms with Crippen LogP contribution < -0.4 is 16.0 Å². The molecule has 0 spiro atoms. The van der Waals surface area contributed by atoms with Gasteiger partial charge in [0, 0.05) is 78.7 Å². The van der Waals surface area contributed by atoms with Crippen molar-refractivity contribution in [3.05, 3.63) is 35.4 Å². The third-order valence-corrected chi connectivity index (χ3v) is 8.59. The van der Waals surface area contributed by atoms with E-state index in [0.717, 1.165) is 24.5 Å². The largest absolute Gasteiger partial charge is 0.480 e. The summed E-state index contributed by atoms with van der Waals surface area (Å²) in [5.74, 6) is -5.82. The van der Waals surface area contributed by atoms with Gasteiger partial charge in [-0.25, -0.2) is 4.39 Å². The minimum absolute atomic E-state index is 0.00105. The standard InChI is InChI=1S/C35H54FN7O10/c1-25-6-8-27(9-7-25)4-3-5-30(45)37-11-10-28(36)20-29(35(53)38-26(2)44)39-31(46)21-40-12-14-41(22-32(47)48)16-18-43(24-34(51)52)19-17-42(15-13-40)23-33(49)50/h6-9,28-29H,3-5,10-24H2,1-2H3,(H,37,45)(H,39,46)(H,47,48)(H,49,50)(H,51,52)(H,38,44,53). The van der Waals surface area contributed by atoms with E-state index in [1.165, 1.54) is 0 Å². The van der Waals surface area contributed by atoms with Gasteiger partial charge in [-0.15, -0.1) is 0 Å². The van der Waals surface area contributed by atoms with Crippen molar-refractivity contribution >= 4 is 41.5 Å². The zero-order valence-electron chi connectivity index (χ0n) is 30.6. The van der Waals surface area contributed by atoms with Crippen LogP contribution >= 0.6 is 0 Å². The molecule has 2 rings (SSSR count). The fourth-order valence-electron chi connectivity index (χ4n) is 5.76. The van der Waals surface area contributed by atoms with E-state index in [-0.39, 0.29) is 104 Å². The number of carbonyl (C=O) groups is 7. The molecule has 4 amide bonds. The fourth-order valence-corrected chi connectivity index (χ4v) is 5.76. The Morgan fingerprint density at radius 3 is 1.60 bits per heavy atom. The van der Waals surface area contributed by atoms with E-state index >= 15 is 4.39 Å². The summed E-state index contributed by atoms with van der Waals surface area (Å²) in [6.07, 6.45) is -0.643. The van der Waals surface area contributed by atoms with Gasteiger partial charge in [0.25, 0.3) is 0 Å². The van der Waals surface area contributed by atoms with Crippen LogP contribution in [0.2, 0.25) is 0 Å². The number of alkyl halides is 1. The summed E-state index contributed by atoms with van der Waals surface area (Å²) in [4.78, 5) is 91.0. The minimum Gasteiger partial charge on any atom is -0.480 e. The number of aryl methyl sites for hydroxylation is 2. The van der Waals surface area contributed by atoms with Crippen LogP contribution in [-0.2, 0) is 40.0 Å². The molecule has 2 unspecified atom stereocenters. The van der Waals surface area contributed by atoms with Gasteiger partial charge in [-0.2, -0.15) is 0 Å². The van der Waals surface area contributed by atoms with Crippen LogP contribution in [0.5, 0.6) is 0 Å². The number of benzene rings is 1. The number of nitrogens with one attached hydrogen (secondary N) is 3. The average molecular weight is 752 g/mol. The fraction of sp³-hybridized carbons (Fsp3) is 0.629. The Bertz CT molecular complexity index is 1350. The van der Waals surface area contributed by atoms with Crippen molar-refractivity contribution in [2.45, 2.75) is 58.2 Å². The molecule has 0 saturated carbocycles. The van der Waals surface area contributed by atoms with Gasteiger partial charge in [-0.1, -0.05) is 29.8 Å². The van der Waals surface area contributed by atoms with E-state index in [1.807, 2.05) is 31.2 Å². The van der Waals surface area contributed by atoms with Crippen molar-refractivity contribution in [3.63, 3.8) is 0 Å². The smallest absolute Gasteiger partial charge is 0.317 e.